The first-order valence-electron chi connectivity index (χ1n) is 14.0. The number of carbonyl (C=O) groups is 2. The van der Waals surface area contributed by atoms with E-state index in [1.165, 1.54) is 20.7 Å². The Balaban J connectivity index is 0.000000215. The molecule has 0 radical (unpaired) electrons. The molecule has 2 fully saturated rings. The minimum absolute atomic E-state index is 0.0621. The quantitative estimate of drug-likeness (QED) is 0.336. The molecule has 2 heterocycles. The highest BCUT2D eigenvalue weighted by molar-refractivity contribution is 9.10. The van der Waals surface area contributed by atoms with Crippen LogP contribution in [-0.2, 0) is 29.6 Å². The number of rotatable bonds is 7. The molecular weight excluding hydrogens is 694 g/mol. The fourth-order valence-electron chi connectivity index (χ4n) is 5.04. The standard InChI is InChI=1S/C18H18BrClN2O3S.C12H15NO4S/c19-16-9-8-14(11-17(16)20)21-18(23)13-5-4-10-22(12-13)26(24,25)15-6-2-1-3-7-15;14-12(15)10-5-4-8-13(9-10)18(16,17)11-6-2-1-3-7-11/h1-3,6-9,11,13H,4-5,10,12H2,(H,21,23);1-3,6-7,10H,4-5,8-9H2,(H,14,15)/t13-;10-/m00/s1. The van der Waals surface area contributed by atoms with E-state index in [1.807, 2.05) is 0 Å². The molecule has 2 aliphatic heterocycles. The number of aliphatic carboxylic acids is 1. The molecule has 236 valence electrons. The minimum Gasteiger partial charge on any atom is -0.481 e. The molecule has 2 atom stereocenters. The molecule has 0 aromatic heterocycles. The lowest BCUT2D eigenvalue weighted by atomic mass is 9.99. The lowest BCUT2D eigenvalue weighted by Crippen LogP contribution is -2.43. The number of benzene rings is 3. The second kappa shape index (κ2) is 15.0. The van der Waals surface area contributed by atoms with E-state index < -0.39 is 37.9 Å². The molecule has 0 bridgehead atoms. The van der Waals surface area contributed by atoms with Gasteiger partial charge in [-0.1, -0.05) is 48.0 Å². The summed E-state index contributed by atoms with van der Waals surface area (Å²) in [7, 11) is -7.15. The van der Waals surface area contributed by atoms with Crippen LogP contribution in [0.1, 0.15) is 25.7 Å². The van der Waals surface area contributed by atoms with Gasteiger partial charge >= 0.3 is 5.97 Å². The van der Waals surface area contributed by atoms with E-state index in [0.29, 0.717) is 49.5 Å². The number of hydrogen-bond acceptors (Lipinski definition) is 6. The van der Waals surface area contributed by atoms with Crippen LogP contribution in [-0.4, -0.2) is 68.6 Å². The molecular formula is C30H33BrClN3O7S2. The summed E-state index contributed by atoms with van der Waals surface area (Å²) in [4.78, 5) is 24.0. The maximum atomic E-state index is 12.8. The monoisotopic (exact) mass is 725 g/mol. The first-order valence-corrected chi connectivity index (χ1v) is 18.0. The van der Waals surface area contributed by atoms with Gasteiger partial charge in [0.25, 0.3) is 0 Å². The van der Waals surface area contributed by atoms with Gasteiger partial charge in [-0.25, -0.2) is 16.8 Å². The Morgan fingerprint density at radius 2 is 1.25 bits per heavy atom. The highest BCUT2D eigenvalue weighted by atomic mass is 79.9. The fraction of sp³-hybridized carbons (Fsp3) is 0.333. The van der Waals surface area contributed by atoms with Crippen LogP contribution in [0.15, 0.2) is 93.1 Å². The van der Waals surface area contributed by atoms with Crippen LogP contribution in [0.3, 0.4) is 0 Å². The molecule has 1 amide bonds. The Morgan fingerprint density at radius 3 is 1.73 bits per heavy atom. The van der Waals surface area contributed by atoms with Gasteiger partial charge in [-0.15, -0.1) is 0 Å². The lowest BCUT2D eigenvalue weighted by molar-refractivity contribution is -0.142. The van der Waals surface area contributed by atoms with E-state index in [9.17, 15) is 26.4 Å². The van der Waals surface area contributed by atoms with E-state index in [-0.39, 0.29) is 28.8 Å². The Morgan fingerprint density at radius 1 is 0.773 bits per heavy atom. The molecule has 3 aromatic rings. The predicted molar refractivity (Wildman–Crippen MR) is 171 cm³/mol. The van der Waals surface area contributed by atoms with Crippen LogP contribution in [0.5, 0.6) is 0 Å². The number of hydrogen-bond donors (Lipinski definition) is 2. The Labute approximate surface area is 271 Å². The lowest BCUT2D eigenvalue weighted by Gasteiger charge is -2.31. The van der Waals surface area contributed by atoms with Gasteiger partial charge in [-0.2, -0.15) is 8.61 Å². The molecule has 5 rings (SSSR count). The number of carboxylic acid groups (broad SMARTS) is 1. The third kappa shape index (κ3) is 8.46. The number of anilines is 1. The molecule has 2 saturated heterocycles. The Kier molecular flexibility index (Phi) is 11.6. The average Bonchev–Trinajstić information content (AvgIpc) is 3.04. The summed E-state index contributed by atoms with van der Waals surface area (Å²) in [5.41, 5.74) is 0.589. The van der Waals surface area contributed by atoms with Crippen molar-refractivity contribution in [1.29, 1.82) is 0 Å². The number of halogens is 2. The molecule has 44 heavy (non-hydrogen) atoms. The van der Waals surface area contributed by atoms with Crippen LogP contribution >= 0.6 is 27.5 Å². The number of nitrogens with zero attached hydrogens (tertiary/aromatic N) is 2. The van der Waals surface area contributed by atoms with Crippen molar-refractivity contribution >= 4 is 65.1 Å². The van der Waals surface area contributed by atoms with Crippen molar-refractivity contribution in [2.75, 3.05) is 31.5 Å². The van der Waals surface area contributed by atoms with Gasteiger partial charge in [0, 0.05) is 36.3 Å². The van der Waals surface area contributed by atoms with Gasteiger partial charge < -0.3 is 10.4 Å². The highest BCUT2D eigenvalue weighted by Crippen LogP contribution is 2.28. The number of nitrogens with one attached hydrogen (secondary N) is 1. The maximum Gasteiger partial charge on any atom is 0.307 e. The van der Waals surface area contributed by atoms with Crippen molar-refractivity contribution in [2.24, 2.45) is 11.8 Å². The maximum absolute atomic E-state index is 12.8. The number of carbonyl (C=O) groups excluding carboxylic acids is 1. The SMILES string of the molecule is O=C(Nc1ccc(Br)c(Cl)c1)[C@H]1CCCN(S(=O)(=O)c2ccccc2)C1.O=C(O)[C@H]1CCCN(S(=O)(=O)c2ccccc2)C1. The summed E-state index contributed by atoms with van der Waals surface area (Å²) in [6.45, 7) is 1.05. The van der Waals surface area contributed by atoms with Gasteiger partial charge in [0.05, 0.1) is 26.6 Å². The molecule has 2 N–H and O–H groups in total. The van der Waals surface area contributed by atoms with Crippen LogP contribution in [0.2, 0.25) is 5.02 Å². The Bertz CT molecular complexity index is 1680. The zero-order valence-corrected chi connectivity index (χ0v) is 27.7. The molecule has 0 aliphatic carbocycles. The van der Waals surface area contributed by atoms with Gasteiger partial charge in [0.2, 0.25) is 26.0 Å². The summed E-state index contributed by atoms with van der Waals surface area (Å²) in [5, 5.41) is 12.3. The summed E-state index contributed by atoms with van der Waals surface area (Å²) in [6, 6.07) is 21.6. The molecule has 10 nitrogen and oxygen atoms in total. The largest absolute Gasteiger partial charge is 0.481 e. The van der Waals surface area contributed by atoms with Crippen LogP contribution in [0, 0.1) is 11.8 Å². The number of sulfonamides is 2. The third-order valence-electron chi connectivity index (χ3n) is 7.44. The zero-order chi connectivity index (χ0) is 31.9. The van der Waals surface area contributed by atoms with Gasteiger partial charge in [-0.05, 0) is 84.1 Å². The molecule has 14 heteroatoms. The van der Waals surface area contributed by atoms with Crippen molar-refractivity contribution in [1.82, 2.24) is 8.61 Å². The Hall–Kier alpha value is -2.81. The summed E-state index contributed by atoms with van der Waals surface area (Å²) < 4.78 is 53.5. The minimum atomic E-state index is -3.59. The van der Waals surface area contributed by atoms with Crippen molar-refractivity contribution < 1.29 is 31.5 Å². The van der Waals surface area contributed by atoms with E-state index in [1.54, 1.807) is 66.7 Å². The fourth-order valence-corrected chi connectivity index (χ4v) is 8.56. The van der Waals surface area contributed by atoms with Gasteiger partial charge in [-0.3, -0.25) is 9.59 Å². The van der Waals surface area contributed by atoms with Crippen LogP contribution in [0.25, 0.3) is 0 Å². The molecule has 0 saturated carbocycles. The molecule has 3 aromatic carbocycles. The number of carboxylic acids is 1. The highest BCUT2D eigenvalue weighted by Gasteiger charge is 2.34. The topological polar surface area (TPSA) is 141 Å². The van der Waals surface area contributed by atoms with Crippen molar-refractivity contribution in [3.05, 3.63) is 88.4 Å². The second-order valence-electron chi connectivity index (χ2n) is 10.5. The van der Waals surface area contributed by atoms with E-state index >= 15 is 0 Å². The van der Waals surface area contributed by atoms with Crippen molar-refractivity contribution in [2.45, 2.75) is 35.5 Å². The normalized spacial score (nSPS) is 19.8. The van der Waals surface area contributed by atoms with Gasteiger partial charge in [0.15, 0.2) is 0 Å². The van der Waals surface area contributed by atoms with Crippen molar-refractivity contribution in [3.8, 4) is 0 Å². The van der Waals surface area contributed by atoms with Gasteiger partial charge in [0.1, 0.15) is 0 Å². The first kappa shape index (κ1) is 34.1. The average molecular weight is 727 g/mol. The van der Waals surface area contributed by atoms with Crippen LogP contribution < -0.4 is 5.32 Å². The van der Waals surface area contributed by atoms with E-state index in [4.69, 9.17) is 16.7 Å². The first-order chi connectivity index (χ1) is 20.9. The summed E-state index contributed by atoms with van der Waals surface area (Å²) in [5.74, 6) is -2.12. The van der Waals surface area contributed by atoms with Crippen molar-refractivity contribution in [3.63, 3.8) is 0 Å². The summed E-state index contributed by atoms with van der Waals surface area (Å²) in [6.07, 6.45) is 2.42. The summed E-state index contributed by atoms with van der Waals surface area (Å²) >= 11 is 9.35. The number of piperidine rings is 2. The van der Waals surface area contributed by atoms with E-state index in [2.05, 4.69) is 21.2 Å². The van der Waals surface area contributed by atoms with Crippen LogP contribution in [0.4, 0.5) is 5.69 Å². The van der Waals surface area contributed by atoms with E-state index in [0.717, 1.165) is 4.47 Å². The molecule has 2 aliphatic rings. The third-order valence-corrected chi connectivity index (χ3v) is 12.4. The second-order valence-corrected chi connectivity index (χ2v) is 15.6. The predicted octanol–water partition coefficient (Wildman–Crippen LogP) is 5.31. The zero-order valence-electron chi connectivity index (χ0n) is 23.7. The molecule has 0 unspecified atom stereocenters. The molecule has 0 spiro atoms. The number of amides is 1. The smallest absolute Gasteiger partial charge is 0.307 e.